The highest BCUT2D eigenvalue weighted by Crippen LogP contribution is 2.18. The fraction of sp³-hybridized carbons (Fsp3) is 0.286. The van der Waals surface area contributed by atoms with Crippen LogP contribution in [0.1, 0.15) is 25.2 Å². The van der Waals surface area contributed by atoms with Gasteiger partial charge in [-0.1, -0.05) is 13.8 Å². The van der Waals surface area contributed by atoms with Crippen molar-refractivity contribution in [3.8, 4) is 11.4 Å². The molecule has 0 aliphatic heterocycles. The maximum absolute atomic E-state index is 5.68. The third-order valence-electron chi connectivity index (χ3n) is 2.73. The van der Waals surface area contributed by atoms with E-state index >= 15 is 0 Å². The summed E-state index contributed by atoms with van der Waals surface area (Å²) in [6, 6.07) is 9.75. The Hall–Kier alpha value is -1.90. The molecule has 2 rings (SSSR count). The Morgan fingerprint density at radius 2 is 1.47 bits per heavy atom. The van der Waals surface area contributed by atoms with Gasteiger partial charge in [0.25, 0.3) is 0 Å². The number of nitrogens with two attached hydrogens (primary N) is 1. The largest absolute Gasteiger partial charge is 0.399 e. The molecule has 0 atom stereocenters. The minimum Gasteiger partial charge on any atom is -0.399 e. The molecule has 17 heavy (non-hydrogen) atoms. The second kappa shape index (κ2) is 4.95. The molecule has 2 N–H and O–H groups in total. The van der Waals surface area contributed by atoms with Gasteiger partial charge < -0.3 is 5.73 Å². The van der Waals surface area contributed by atoms with E-state index in [2.05, 4.69) is 29.9 Å². The van der Waals surface area contributed by atoms with E-state index in [1.165, 1.54) is 0 Å². The average molecular weight is 227 g/mol. The number of nitrogens with zero attached hydrogens (tertiary/aromatic N) is 2. The van der Waals surface area contributed by atoms with Gasteiger partial charge in [-0.15, -0.1) is 0 Å². The molecule has 0 aliphatic carbocycles. The quantitative estimate of drug-likeness (QED) is 0.820. The van der Waals surface area contributed by atoms with Gasteiger partial charge in [0.05, 0.1) is 0 Å². The van der Waals surface area contributed by atoms with Crippen LogP contribution in [0.15, 0.2) is 30.3 Å². The normalized spacial score (nSPS) is 10.5. The van der Waals surface area contributed by atoms with Crippen LogP contribution in [0.25, 0.3) is 11.4 Å². The predicted octanol–water partition coefficient (Wildman–Crippen LogP) is 2.85. The van der Waals surface area contributed by atoms with Crippen molar-refractivity contribution in [2.45, 2.75) is 26.7 Å². The van der Waals surface area contributed by atoms with Crippen LogP contribution in [0.4, 0.5) is 5.69 Å². The molecule has 2 aromatic rings. The second-order valence-electron chi connectivity index (χ2n) is 4.00. The molecule has 0 aliphatic rings. The number of rotatable bonds is 3. The summed E-state index contributed by atoms with van der Waals surface area (Å²) in [6.45, 7) is 4.21. The van der Waals surface area contributed by atoms with Crippen molar-refractivity contribution in [1.29, 1.82) is 0 Å². The van der Waals surface area contributed by atoms with E-state index in [0.717, 1.165) is 41.3 Å². The molecule has 0 radical (unpaired) electrons. The van der Waals surface area contributed by atoms with Crippen molar-refractivity contribution in [1.82, 2.24) is 9.97 Å². The molecule has 3 heteroatoms. The Labute approximate surface area is 102 Å². The fourth-order valence-corrected chi connectivity index (χ4v) is 1.68. The number of nitrogen functional groups attached to an aromatic ring is 1. The first-order valence-corrected chi connectivity index (χ1v) is 5.95. The van der Waals surface area contributed by atoms with Gasteiger partial charge >= 0.3 is 0 Å². The highest BCUT2D eigenvalue weighted by Gasteiger charge is 2.05. The van der Waals surface area contributed by atoms with Gasteiger partial charge in [0, 0.05) is 22.6 Å². The molecular formula is C14H17N3. The Bertz CT molecular complexity index is 481. The Balaban J connectivity index is 2.46. The van der Waals surface area contributed by atoms with Gasteiger partial charge in [0.15, 0.2) is 5.82 Å². The third kappa shape index (κ3) is 2.61. The summed E-state index contributed by atoms with van der Waals surface area (Å²) in [4.78, 5) is 9.10. The number of hydrogen-bond donors (Lipinski definition) is 1. The number of aromatic nitrogens is 2. The first kappa shape index (κ1) is 11.6. The molecule has 0 saturated carbocycles. The number of benzene rings is 1. The lowest BCUT2D eigenvalue weighted by Gasteiger charge is -2.06. The van der Waals surface area contributed by atoms with Crippen molar-refractivity contribution >= 4 is 5.69 Å². The summed E-state index contributed by atoms with van der Waals surface area (Å²) >= 11 is 0. The first-order valence-electron chi connectivity index (χ1n) is 5.95. The van der Waals surface area contributed by atoms with Crippen LogP contribution in [0, 0.1) is 0 Å². The molecule has 1 heterocycles. The highest BCUT2D eigenvalue weighted by molar-refractivity contribution is 5.58. The zero-order chi connectivity index (χ0) is 12.3. The summed E-state index contributed by atoms with van der Waals surface area (Å²) in [5, 5.41) is 0. The van der Waals surface area contributed by atoms with Crippen LogP contribution in [0.5, 0.6) is 0 Å². The Kier molecular flexibility index (Phi) is 3.38. The van der Waals surface area contributed by atoms with Crippen LogP contribution in [0.2, 0.25) is 0 Å². The van der Waals surface area contributed by atoms with Crippen LogP contribution >= 0.6 is 0 Å². The van der Waals surface area contributed by atoms with Crippen molar-refractivity contribution < 1.29 is 0 Å². The van der Waals surface area contributed by atoms with Crippen LogP contribution in [-0.2, 0) is 12.8 Å². The third-order valence-corrected chi connectivity index (χ3v) is 2.73. The molecule has 0 amide bonds. The molecule has 1 aromatic heterocycles. The molecule has 88 valence electrons. The van der Waals surface area contributed by atoms with E-state index < -0.39 is 0 Å². The Morgan fingerprint density at radius 3 is 1.94 bits per heavy atom. The van der Waals surface area contributed by atoms with Gasteiger partial charge in [0.1, 0.15) is 0 Å². The SMILES string of the molecule is CCc1cc(CC)nc(-c2ccc(N)cc2)n1. The lowest BCUT2D eigenvalue weighted by atomic mass is 10.1. The van der Waals surface area contributed by atoms with Gasteiger partial charge in [-0.25, -0.2) is 9.97 Å². The van der Waals surface area contributed by atoms with Gasteiger partial charge in [0.2, 0.25) is 0 Å². The van der Waals surface area contributed by atoms with Crippen molar-refractivity contribution in [2.75, 3.05) is 5.73 Å². The maximum Gasteiger partial charge on any atom is 0.159 e. The summed E-state index contributed by atoms with van der Waals surface area (Å²) in [5.41, 5.74) is 9.63. The number of anilines is 1. The lowest BCUT2D eigenvalue weighted by molar-refractivity contribution is 0.943. The van der Waals surface area contributed by atoms with E-state index in [4.69, 9.17) is 5.73 Å². The minimum atomic E-state index is 0.760. The van der Waals surface area contributed by atoms with Gasteiger partial charge in [-0.3, -0.25) is 0 Å². The minimum absolute atomic E-state index is 0.760. The zero-order valence-corrected chi connectivity index (χ0v) is 10.3. The van der Waals surface area contributed by atoms with Crippen molar-refractivity contribution in [3.63, 3.8) is 0 Å². The van der Waals surface area contributed by atoms with E-state index in [0.29, 0.717) is 0 Å². The first-order chi connectivity index (χ1) is 8.22. The predicted molar refractivity (Wildman–Crippen MR) is 70.6 cm³/mol. The van der Waals surface area contributed by atoms with Crippen LogP contribution in [-0.4, -0.2) is 9.97 Å². The van der Waals surface area contributed by atoms with Crippen molar-refractivity contribution in [2.24, 2.45) is 0 Å². The van der Waals surface area contributed by atoms with Crippen LogP contribution < -0.4 is 5.73 Å². The van der Waals surface area contributed by atoms with Gasteiger partial charge in [-0.2, -0.15) is 0 Å². The zero-order valence-electron chi connectivity index (χ0n) is 10.3. The topological polar surface area (TPSA) is 51.8 Å². The van der Waals surface area contributed by atoms with Crippen LogP contribution in [0.3, 0.4) is 0 Å². The molecule has 0 unspecified atom stereocenters. The molecule has 0 saturated heterocycles. The summed E-state index contributed by atoms with van der Waals surface area (Å²) in [5.74, 6) is 0.793. The monoisotopic (exact) mass is 227 g/mol. The molecule has 0 spiro atoms. The highest BCUT2D eigenvalue weighted by atomic mass is 14.9. The number of aryl methyl sites for hydroxylation is 2. The van der Waals surface area contributed by atoms with E-state index in [-0.39, 0.29) is 0 Å². The summed E-state index contributed by atoms with van der Waals surface area (Å²) in [6.07, 6.45) is 1.86. The summed E-state index contributed by atoms with van der Waals surface area (Å²) < 4.78 is 0. The fourth-order valence-electron chi connectivity index (χ4n) is 1.68. The van der Waals surface area contributed by atoms with E-state index in [9.17, 15) is 0 Å². The summed E-state index contributed by atoms with van der Waals surface area (Å²) in [7, 11) is 0. The standard InChI is InChI=1S/C14H17N3/c1-3-12-9-13(4-2)17-14(16-12)10-5-7-11(15)8-6-10/h5-9H,3-4,15H2,1-2H3. The smallest absolute Gasteiger partial charge is 0.159 e. The number of hydrogen-bond acceptors (Lipinski definition) is 3. The lowest BCUT2D eigenvalue weighted by Crippen LogP contribution is -1.99. The Morgan fingerprint density at radius 1 is 0.941 bits per heavy atom. The van der Waals surface area contributed by atoms with E-state index in [1.54, 1.807) is 0 Å². The average Bonchev–Trinajstić information content (AvgIpc) is 2.39. The second-order valence-corrected chi connectivity index (χ2v) is 4.00. The van der Waals surface area contributed by atoms with Crippen molar-refractivity contribution in [3.05, 3.63) is 41.7 Å². The van der Waals surface area contributed by atoms with Gasteiger partial charge in [-0.05, 0) is 43.2 Å². The molecular weight excluding hydrogens is 210 g/mol. The molecule has 0 bridgehead atoms. The maximum atomic E-state index is 5.68. The molecule has 3 nitrogen and oxygen atoms in total. The van der Waals surface area contributed by atoms with E-state index in [1.807, 2.05) is 24.3 Å². The molecule has 0 fully saturated rings. The molecule has 1 aromatic carbocycles.